The van der Waals surface area contributed by atoms with E-state index < -0.39 is 12.5 Å². The van der Waals surface area contributed by atoms with E-state index in [1.807, 2.05) is 48.7 Å². The quantitative estimate of drug-likeness (QED) is 0.197. The summed E-state index contributed by atoms with van der Waals surface area (Å²) < 4.78 is 13.3. The number of anilines is 1. The zero-order valence-electron chi connectivity index (χ0n) is 27.2. The third-order valence-corrected chi connectivity index (χ3v) is 8.92. The molecule has 3 aliphatic rings. The Bertz CT molecular complexity index is 1760. The summed E-state index contributed by atoms with van der Waals surface area (Å²) in [5.74, 6) is 1.95. The molecular weight excluding hydrogens is 622 g/mol. The number of carbonyl (C=O) groups excluding carboxylic acids is 1. The number of carbonyl (C=O) groups is 1. The largest absolute Gasteiger partial charge is 0.394 e. The van der Waals surface area contributed by atoms with Crippen LogP contribution in [0.3, 0.4) is 0 Å². The average Bonchev–Trinajstić information content (AvgIpc) is 3.71. The van der Waals surface area contributed by atoms with Crippen LogP contribution in [0.4, 0.5) is 10.6 Å². The predicted octanol–water partition coefficient (Wildman–Crippen LogP) is 4.07. The van der Waals surface area contributed by atoms with Crippen molar-refractivity contribution in [1.82, 2.24) is 35.1 Å². The van der Waals surface area contributed by atoms with Gasteiger partial charge in [0, 0.05) is 37.8 Å². The summed E-state index contributed by atoms with van der Waals surface area (Å²) in [6.07, 6.45) is 10.9. The number of hydrogen-bond acceptors (Lipinski definition) is 10. The molecule has 2 unspecified atom stereocenters. The van der Waals surface area contributed by atoms with E-state index >= 15 is 0 Å². The Kier molecular flexibility index (Phi) is 10.2. The third-order valence-electron chi connectivity index (χ3n) is 8.92. The molecule has 49 heavy (non-hydrogen) atoms. The van der Waals surface area contributed by atoms with Gasteiger partial charge in [-0.2, -0.15) is 0 Å². The molecule has 0 bridgehead atoms. The summed E-state index contributed by atoms with van der Waals surface area (Å²) in [6.45, 7) is 2.37. The van der Waals surface area contributed by atoms with Gasteiger partial charge in [0.15, 0.2) is 22.8 Å². The first-order chi connectivity index (χ1) is 24.1. The van der Waals surface area contributed by atoms with Gasteiger partial charge in [-0.1, -0.05) is 72.8 Å². The molecule has 5 heterocycles. The van der Waals surface area contributed by atoms with Crippen molar-refractivity contribution in [2.75, 3.05) is 38.2 Å². The van der Waals surface area contributed by atoms with Crippen LogP contribution in [-0.2, 0) is 16.0 Å². The van der Waals surface area contributed by atoms with Crippen LogP contribution >= 0.6 is 0 Å². The minimum atomic E-state index is -0.795. The van der Waals surface area contributed by atoms with Crippen LogP contribution in [0, 0.1) is 0 Å². The van der Waals surface area contributed by atoms with E-state index in [0.29, 0.717) is 29.4 Å². The highest BCUT2D eigenvalue weighted by molar-refractivity contribution is 5.93. The van der Waals surface area contributed by atoms with Crippen molar-refractivity contribution in [2.45, 2.75) is 50.3 Å². The number of fused-ring (bicyclic) bond motifs is 1. The fraction of sp³-hybridized carbons (Fsp3) is 0.361. The number of amidine groups is 1. The van der Waals surface area contributed by atoms with E-state index in [1.54, 1.807) is 10.9 Å². The number of ether oxygens (including phenoxy) is 2. The molecule has 13 heteroatoms. The Morgan fingerprint density at radius 1 is 1.00 bits per heavy atom. The highest BCUT2D eigenvalue weighted by atomic mass is 16.7. The maximum absolute atomic E-state index is 13.1. The number of amides is 2. The first kappa shape index (κ1) is 32.4. The van der Waals surface area contributed by atoms with Crippen LogP contribution in [0.5, 0.6) is 0 Å². The second-order valence-corrected chi connectivity index (χ2v) is 12.2. The molecule has 2 saturated heterocycles. The molecule has 13 nitrogen and oxygen atoms in total. The first-order valence-electron chi connectivity index (χ1n) is 16.8. The number of nitrogens with one attached hydrogen (secondary N) is 3. The molecule has 0 saturated carbocycles. The molecule has 0 radical (unpaired) electrons. The highest BCUT2D eigenvalue weighted by Gasteiger charge is 2.29. The monoisotopic (exact) mass is 663 g/mol. The summed E-state index contributed by atoms with van der Waals surface area (Å²) in [5.41, 5.74) is 3.37. The fourth-order valence-electron chi connectivity index (χ4n) is 6.31. The molecular formula is C36H41N9O4. The van der Waals surface area contributed by atoms with Gasteiger partial charge in [-0.05, 0) is 36.5 Å². The predicted molar refractivity (Wildman–Crippen MR) is 186 cm³/mol. The molecule has 254 valence electrons. The van der Waals surface area contributed by atoms with E-state index in [1.165, 1.54) is 11.1 Å². The average molecular weight is 664 g/mol. The number of piperidine rings is 1. The normalized spacial score (nSPS) is 19.6. The van der Waals surface area contributed by atoms with Crippen LogP contribution in [-0.4, -0.2) is 86.4 Å². The Morgan fingerprint density at radius 3 is 2.47 bits per heavy atom. The van der Waals surface area contributed by atoms with Crippen molar-refractivity contribution < 1.29 is 19.4 Å². The number of urea groups is 1. The topological polar surface area (TPSA) is 151 Å². The lowest BCUT2D eigenvalue weighted by Gasteiger charge is -2.33. The Hall–Kier alpha value is -5.11. The van der Waals surface area contributed by atoms with Gasteiger partial charge < -0.3 is 35.4 Å². The van der Waals surface area contributed by atoms with Gasteiger partial charge in [0.2, 0.25) is 6.41 Å². The smallest absolute Gasteiger partial charge is 0.315 e. The summed E-state index contributed by atoms with van der Waals surface area (Å²) in [5, 5.41) is 19.2. The number of hydrogen-bond donors (Lipinski definition) is 4. The van der Waals surface area contributed by atoms with Crippen molar-refractivity contribution in [3.8, 4) is 0 Å². The lowest BCUT2D eigenvalue weighted by molar-refractivity contribution is -0.117. The van der Waals surface area contributed by atoms with E-state index in [2.05, 4.69) is 67.2 Å². The van der Waals surface area contributed by atoms with Crippen molar-refractivity contribution in [1.29, 1.82) is 0 Å². The number of aliphatic hydroxyl groups is 1. The maximum atomic E-state index is 13.1. The van der Waals surface area contributed by atoms with Gasteiger partial charge in [0.25, 0.3) is 0 Å². The second-order valence-electron chi connectivity index (χ2n) is 12.2. The molecule has 0 spiro atoms. The van der Waals surface area contributed by atoms with Gasteiger partial charge in [0.1, 0.15) is 18.3 Å². The minimum absolute atomic E-state index is 0.0437. The van der Waals surface area contributed by atoms with Crippen molar-refractivity contribution in [3.05, 3.63) is 108 Å². The maximum Gasteiger partial charge on any atom is 0.315 e. The third kappa shape index (κ3) is 7.80. The number of likely N-dealkylation sites (tertiary alicyclic amines) is 1. The molecule has 2 fully saturated rings. The number of nitrogens with zero attached hydrogens (tertiary/aromatic N) is 6. The van der Waals surface area contributed by atoms with Gasteiger partial charge in [-0.25, -0.2) is 24.7 Å². The summed E-state index contributed by atoms with van der Waals surface area (Å²) >= 11 is 0. The molecule has 2 aromatic heterocycles. The molecule has 3 aliphatic heterocycles. The molecule has 4 N–H and O–H groups in total. The molecule has 7 rings (SSSR count). The van der Waals surface area contributed by atoms with Crippen molar-refractivity contribution in [3.63, 3.8) is 0 Å². The number of rotatable bonds is 10. The first-order valence-corrected chi connectivity index (χ1v) is 16.8. The number of allylic oxidation sites excluding steroid dienone is 2. The summed E-state index contributed by atoms with van der Waals surface area (Å²) in [4.78, 5) is 34.1. The van der Waals surface area contributed by atoms with E-state index in [-0.39, 0.29) is 37.7 Å². The van der Waals surface area contributed by atoms with Gasteiger partial charge in [0.05, 0.1) is 19.8 Å². The number of aromatic nitrogens is 4. The number of benzene rings is 2. The zero-order valence-corrected chi connectivity index (χ0v) is 27.2. The van der Waals surface area contributed by atoms with Crippen LogP contribution in [0.2, 0.25) is 0 Å². The summed E-state index contributed by atoms with van der Waals surface area (Å²) in [6, 6.07) is 20.4. The van der Waals surface area contributed by atoms with Crippen molar-refractivity contribution in [2.24, 2.45) is 4.99 Å². The number of aliphatic imine (C=N–C) groups is 1. The van der Waals surface area contributed by atoms with Crippen LogP contribution in [0.25, 0.3) is 11.2 Å². The van der Waals surface area contributed by atoms with E-state index in [9.17, 15) is 9.90 Å². The minimum Gasteiger partial charge on any atom is -0.394 e. The van der Waals surface area contributed by atoms with Gasteiger partial charge in [-0.3, -0.25) is 4.57 Å². The molecule has 2 aromatic carbocycles. The van der Waals surface area contributed by atoms with E-state index in [0.717, 1.165) is 38.2 Å². The SMILES string of the molecule is O=C(NCc1nc(NCC(c2ccccc2)c2ccccc2)c2ncn(C3OCC(CO)O3)c2n1)NC1CCN(C2=NC=CCC=C2)CC1. The Balaban J connectivity index is 1.06. The Morgan fingerprint density at radius 2 is 1.76 bits per heavy atom. The van der Waals surface area contributed by atoms with Crippen LogP contribution in [0.15, 0.2) is 96.4 Å². The Labute approximate surface area is 284 Å². The zero-order chi connectivity index (χ0) is 33.4. The number of imidazole rings is 1. The lowest BCUT2D eigenvalue weighted by atomic mass is 9.91. The van der Waals surface area contributed by atoms with Crippen molar-refractivity contribution >= 4 is 28.8 Å². The molecule has 0 aliphatic carbocycles. The van der Waals surface area contributed by atoms with Crippen LogP contribution < -0.4 is 16.0 Å². The van der Waals surface area contributed by atoms with Gasteiger partial charge >= 0.3 is 6.03 Å². The molecule has 4 aromatic rings. The van der Waals surface area contributed by atoms with E-state index in [4.69, 9.17) is 19.4 Å². The molecule has 2 amide bonds. The number of aliphatic hydroxyl groups excluding tert-OH is 1. The van der Waals surface area contributed by atoms with Crippen LogP contribution in [0.1, 0.15) is 48.5 Å². The fourth-order valence-corrected chi connectivity index (χ4v) is 6.31. The molecule has 2 atom stereocenters. The lowest BCUT2D eigenvalue weighted by Crippen LogP contribution is -2.48. The summed E-state index contributed by atoms with van der Waals surface area (Å²) in [7, 11) is 0. The van der Waals surface area contributed by atoms with Gasteiger partial charge in [-0.15, -0.1) is 0 Å². The second kappa shape index (κ2) is 15.4. The highest BCUT2D eigenvalue weighted by Crippen LogP contribution is 2.29. The standard InChI is InChI=1S/C36H41N9O4/c46-22-28-23-48-36(49-28)45-24-40-32-33(38-20-29(25-10-4-1-5-11-25)26-12-6-2-7-13-26)42-30(43-34(32)45)21-39-35(47)41-27-15-18-44(19-16-27)31-14-8-3-9-17-37-31/h1-2,4-14,17,24,27-29,36,46H,3,15-16,18-23H2,(H,38,42,43)(H2,39,41,47).